The van der Waals surface area contributed by atoms with E-state index in [4.69, 9.17) is 9.52 Å². The van der Waals surface area contributed by atoms with Gasteiger partial charge in [-0.2, -0.15) is 0 Å². The van der Waals surface area contributed by atoms with Gasteiger partial charge in [0.1, 0.15) is 16.6 Å². The van der Waals surface area contributed by atoms with Crippen LogP contribution < -0.4 is 5.56 Å². The molecule has 0 saturated heterocycles. The predicted molar refractivity (Wildman–Crippen MR) is 73.9 cm³/mol. The molecule has 0 aliphatic rings. The topological polar surface area (TPSA) is 85.3 Å². The summed E-state index contributed by atoms with van der Waals surface area (Å²) < 4.78 is 6.42. The lowest BCUT2D eigenvalue weighted by Crippen LogP contribution is -2.28. The van der Waals surface area contributed by atoms with Gasteiger partial charge < -0.3 is 9.52 Å². The zero-order valence-corrected chi connectivity index (χ0v) is 11.3. The number of thiophene rings is 1. The molecule has 20 heavy (non-hydrogen) atoms. The van der Waals surface area contributed by atoms with Crippen LogP contribution in [-0.4, -0.2) is 20.6 Å². The van der Waals surface area contributed by atoms with Gasteiger partial charge in [0.25, 0.3) is 5.56 Å². The van der Waals surface area contributed by atoms with Gasteiger partial charge >= 0.3 is 5.97 Å². The highest BCUT2D eigenvalue weighted by atomic mass is 32.1. The molecule has 3 aromatic rings. The highest BCUT2D eigenvalue weighted by Crippen LogP contribution is 2.30. The minimum atomic E-state index is -1.08. The molecule has 0 radical (unpaired) electrons. The van der Waals surface area contributed by atoms with Crippen LogP contribution in [0.1, 0.15) is 13.0 Å². The summed E-state index contributed by atoms with van der Waals surface area (Å²) in [7, 11) is 0. The average molecular weight is 290 g/mol. The summed E-state index contributed by atoms with van der Waals surface area (Å²) in [6.45, 7) is 1.44. The van der Waals surface area contributed by atoms with Crippen LogP contribution in [0.3, 0.4) is 0 Å². The number of hydrogen-bond donors (Lipinski definition) is 1. The highest BCUT2D eigenvalue weighted by molar-refractivity contribution is 7.17. The second-order valence-electron chi connectivity index (χ2n) is 4.28. The second-order valence-corrected chi connectivity index (χ2v) is 5.14. The second kappa shape index (κ2) is 4.61. The lowest BCUT2D eigenvalue weighted by Gasteiger charge is -2.09. The van der Waals surface area contributed by atoms with Gasteiger partial charge in [-0.1, -0.05) is 0 Å². The molecule has 1 atom stereocenters. The average Bonchev–Trinajstić information content (AvgIpc) is 3.06. The molecule has 0 aliphatic heterocycles. The van der Waals surface area contributed by atoms with Crippen molar-refractivity contribution in [3.8, 4) is 11.3 Å². The molecule has 0 fully saturated rings. The zero-order chi connectivity index (χ0) is 14.3. The zero-order valence-electron chi connectivity index (χ0n) is 10.4. The van der Waals surface area contributed by atoms with E-state index in [1.54, 1.807) is 17.5 Å². The number of carboxylic acids is 1. The summed E-state index contributed by atoms with van der Waals surface area (Å²) in [4.78, 5) is 28.2. The van der Waals surface area contributed by atoms with Crippen LogP contribution >= 0.6 is 11.3 Å². The molecular formula is C13H10N2O4S. The number of furan rings is 1. The van der Waals surface area contributed by atoms with Crippen LogP contribution in [0.5, 0.6) is 0 Å². The Morgan fingerprint density at radius 3 is 3.00 bits per heavy atom. The third kappa shape index (κ3) is 1.83. The van der Waals surface area contributed by atoms with Crippen LogP contribution in [0.4, 0.5) is 0 Å². The van der Waals surface area contributed by atoms with E-state index >= 15 is 0 Å². The molecule has 6 nitrogen and oxygen atoms in total. The Morgan fingerprint density at radius 2 is 2.35 bits per heavy atom. The maximum absolute atomic E-state index is 12.5. The van der Waals surface area contributed by atoms with Gasteiger partial charge in [0, 0.05) is 10.9 Å². The number of nitrogens with zero attached hydrogens (tertiary/aromatic N) is 2. The van der Waals surface area contributed by atoms with Gasteiger partial charge in [0.05, 0.1) is 18.0 Å². The van der Waals surface area contributed by atoms with Crippen molar-refractivity contribution in [2.24, 2.45) is 0 Å². The minimum Gasteiger partial charge on any atom is -0.480 e. The molecule has 0 bridgehead atoms. The Hall–Kier alpha value is -2.41. The van der Waals surface area contributed by atoms with Crippen LogP contribution in [0.25, 0.3) is 21.5 Å². The Morgan fingerprint density at radius 1 is 1.55 bits per heavy atom. The van der Waals surface area contributed by atoms with E-state index in [1.807, 2.05) is 0 Å². The van der Waals surface area contributed by atoms with E-state index in [0.29, 0.717) is 21.5 Å². The monoisotopic (exact) mass is 290 g/mol. The van der Waals surface area contributed by atoms with Crippen molar-refractivity contribution in [2.45, 2.75) is 13.0 Å². The SMILES string of the molecule is CC(C(=O)O)n1cnc2scc(-c3ccco3)c2c1=O. The predicted octanol–water partition coefficient (Wildman–Crippen LogP) is 2.36. The fourth-order valence-corrected chi connectivity index (χ4v) is 2.84. The number of fused-ring (bicyclic) bond motifs is 1. The van der Waals surface area contributed by atoms with Crippen LogP contribution in [0, 0.1) is 0 Å². The molecular weight excluding hydrogens is 280 g/mol. The smallest absolute Gasteiger partial charge is 0.326 e. The van der Waals surface area contributed by atoms with Crippen molar-refractivity contribution < 1.29 is 14.3 Å². The fraction of sp³-hybridized carbons (Fsp3) is 0.154. The molecule has 3 aromatic heterocycles. The van der Waals surface area contributed by atoms with E-state index in [1.165, 1.54) is 30.9 Å². The quantitative estimate of drug-likeness (QED) is 0.800. The first-order chi connectivity index (χ1) is 9.59. The van der Waals surface area contributed by atoms with Crippen molar-refractivity contribution in [1.82, 2.24) is 9.55 Å². The summed E-state index contributed by atoms with van der Waals surface area (Å²) in [5.41, 5.74) is 0.261. The van der Waals surface area contributed by atoms with Crippen LogP contribution in [0.2, 0.25) is 0 Å². The van der Waals surface area contributed by atoms with Gasteiger partial charge in [0.2, 0.25) is 0 Å². The van der Waals surface area contributed by atoms with Gasteiger partial charge in [0.15, 0.2) is 0 Å². The number of carboxylic acid groups (broad SMARTS) is 1. The van der Waals surface area contributed by atoms with E-state index in [9.17, 15) is 9.59 Å². The Bertz CT molecular complexity index is 832. The molecule has 0 saturated carbocycles. The van der Waals surface area contributed by atoms with Gasteiger partial charge in [-0.3, -0.25) is 9.36 Å². The Labute approximate surface area is 116 Å². The summed E-state index contributed by atoms with van der Waals surface area (Å²) in [6, 6.07) is 2.51. The van der Waals surface area contributed by atoms with E-state index in [2.05, 4.69) is 4.98 Å². The molecule has 3 heterocycles. The number of rotatable bonds is 3. The molecule has 0 spiro atoms. The van der Waals surface area contributed by atoms with Gasteiger partial charge in [-0.25, -0.2) is 9.78 Å². The third-order valence-corrected chi connectivity index (χ3v) is 3.97. The number of aliphatic carboxylic acids is 1. The Kier molecular flexibility index (Phi) is 2.90. The molecule has 0 aliphatic carbocycles. The lowest BCUT2D eigenvalue weighted by atomic mass is 10.2. The standard InChI is InChI=1S/C13H10N2O4S/c1-7(13(17)18)15-6-14-11-10(12(15)16)8(5-20-11)9-3-2-4-19-9/h2-7H,1H3,(H,17,18). The normalized spacial score (nSPS) is 12.7. The van der Waals surface area contributed by atoms with Crippen molar-refractivity contribution in [1.29, 1.82) is 0 Å². The summed E-state index contributed by atoms with van der Waals surface area (Å²) in [5.74, 6) is -0.515. The van der Waals surface area contributed by atoms with Crippen molar-refractivity contribution in [3.63, 3.8) is 0 Å². The van der Waals surface area contributed by atoms with E-state index in [0.717, 1.165) is 4.57 Å². The molecule has 3 rings (SSSR count). The maximum Gasteiger partial charge on any atom is 0.326 e. The molecule has 0 aromatic carbocycles. The van der Waals surface area contributed by atoms with Gasteiger partial charge in [-0.15, -0.1) is 11.3 Å². The molecule has 7 heteroatoms. The van der Waals surface area contributed by atoms with Crippen molar-refractivity contribution in [3.05, 3.63) is 40.5 Å². The molecule has 1 unspecified atom stereocenters. The number of carbonyl (C=O) groups is 1. The van der Waals surface area contributed by atoms with Crippen molar-refractivity contribution >= 4 is 27.5 Å². The fourth-order valence-electron chi connectivity index (χ4n) is 1.95. The first kappa shape index (κ1) is 12.6. The summed E-state index contributed by atoms with van der Waals surface area (Å²) in [6.07, 6.45) is 2.79. The molecule has 1 N–H and O–H groups in total. The van der Waals surface area contributed by atoms with Crippen molar-refractivity contribution in [2.75, 3.05) is 0 Å². The first-order valence-electron chi connectivity index (χ1n) is 5.84. The Balaban J connectivity index is 2.29. The number of hydrogen-bond acceptors (Lipinski definition) is 5. The van der Waals surface area contributed by atoms with Crippen LogP contribution in [-0.2, 0) is 4.79 Å². The lowest BCUT2D eigenvalue weighted by molar-refractivity contribution is -0.140. The maximum atomic E-state index is 12.5. The molecule has 102 valence electrons. The molecule has 0 amide bonds. The van der Waals surface area contributed by atoms with Crippen LogP contribution in [0.15, 0.2) is 39.3 Å². The highest BCUT2D eigenvalue weighted by Gasteiger charge is 2.20. The van der Waals surface area contributed by atoms with Gasteiger partial charge in [-0.05, 0) is 19.1 Å². The number of aromatic nitrogens is 2. The minimum absolute atomic E-state index is 0.377. The van der Waals surface area contributed by atoms with E-state index in [-0.39, 0.29) is 5.56 Å². The third-order valence-electron chi connectivity index (χ3n) is 3.08. The van der Waals surface area contributed by atoms with E-state index < -0.39 is 12.0 Å². The largest absolute Gasteiger partial charge is 0.480 e. The first-order valence-corrected chi connectivity index (χ1v) is 6.72. The summed E-state index contributed by atoms with van der Waals surface area (Å²) in [5, 5.41) is 11.2. The summed E-state index contributed by atoms with van der Waals surface area (Å²) >= 11 is 1.32.